The van der Waals surface area contributed by atoms with Crippen LogP contribution in [-0.2, 0) is 14.8 Å². The molecule has 2 N–H and O–H groups in total. The van der Waals surface area contributed by atoms with E-state index in [1.807, 2.05) is 13.0 Å². The Hall–Kier alpha value is -3.36. The largest absolute Gasteiger partial charge is 0.465 e. The fourth-order valence-corrected chi connectivity index (χ4v) is 4.64. The molecule has 0 spiro atoms. The molecular weight excluding hydrogens is 452 g/mol. The molecule has 0 unspecified atom stereocenters. The molecule has 32 heavy (non-hydrogen) atoms. The monoisotopic (exact) mass is 472 g/mol. The fourth-order valence-electron chi connectivity index (χ4n) is 3.07. The summed E-state index contributed by atoms with van der Waals surface area (Å²) in [5.74, 6) is -1.08. The average molecular weight is 473 g/mol. The van der Waals surface area contributed by atoms with Gasteiger partial charge in [0.2, 0.25) is 0 Å². The average Bonchev–Trinajstić information content (AvgIpc) is 2.74. The summed E-state index contributed by atoms with van der Waals surface area (Å²) in [6.07, 6.45) is 0. The van der Waals surface area contributed by atoms with Gasteiger partial charge in [-0.25, -0.2) is 13.2 Å². The summed E-state index contributed by atoms with van der Waals surface area (Å²) >= 11 is 6.14. The molecule has 0 aromatic heterocycles. The van der Waals surface area contributed by atoms with Crippen molar-refractivity contribution in [2.45, 2.75) is 18.7 Å². The summed E-state index contributed by atoms with van der Waals surface area (Å²) in [5, 5.41) is 2.67. The first-order valence-corrected chi connectivity index (χ1v) is 11.4. The molecule has 3 rings (SSSR count). The molecule has 166 valence electrons. The van der Waals surface area contributed by atoms with Gasteiger partial charge in [0, 0.05) is 16.9 Å². The Morgan fingerprint density at radius 3 is 2.38 bits per heavy atom. The number of sulfonamides is 1. The lowest BCUT2D eigenvalue weighted by Crippen LogP contribution is -2.17. The van der Waals surface area contributed by atoms with Crippen molar-refractivity contribution >= 4 is 44.9 Å². The fraction of sp³-hybridized carbons (Fsp3) is 0.130. The summed E-state index contributed by atoms with van der Waals surface area (Å²) in [5.41, 5.74) is 2.58. The van der Waals surface area contributed by atoms with E-state index in [9.17, 15) is 18.0 Å². The van der Waals surface area contributed by atoms with Crippen LogP contribution in [0.3, 0.4) is 0 Å². The van der Waals surface area contributed by atoms with Crippen LogP contribution in [0.25, 0.3) is 0 Å². The first-order valence-electron chi connectivity index (χ1n) is 9.50. The number of anilines is 2. The molecular formula is C23H21ClN2O5S. The van der Waals surface area contributed by atoms with Crippen molar-refractivity contribution in [3.05, 3.63) is 87.9 Å². The number of amides is 1. The number of benzene rings is 3. The molecule has 0 aliphatic rings. The molecule has 7 nitrogen and oxygen atoms in total. The van der Waals surface area contributed by atoms with Crippen LogP contribution in [0.15, 0.2) is 65.6 Å². The van der Waals surface area contributed by atoms with E-state index in [4.69, 9.17) is 16.3 Å². The minimum Gasteiger partial charge on any atom is -0.465 e. The maximum atomic E-state index is 12.9. The maximum Gasteiger partial charge on any atom is 0.338 e. The van der Waals surface area contributed by atoms with E-state index in [0.29, 0.717) is 22.5 Å². The zero-order chi connectivity index (χ0) is 23.5. The molecule has 0 fully saturated rings. The van der Waals surface area contributed by atoms with Gasteiger partial charge in [-0.1, -0.05) is 29.8 Å². The number of carbonyl (C=O) groups excluding carboxylic acids is 2. The number of rotatable bonds is 6. The molecule has 0 saturated carbocycles. The van der Waals surface area contributed by atoms with Crippen LogP contribution >= 0.6 is 11.6 Å². The second kappa shape index (κ2) is 9.42. The minimum atomic E-state index is -4.04. The molecule has 1 amide bonds. The van der Waals surface area contributed by atoms with Gasteiger partial charge in [-0.15, -0.1) is 0 Å². The van der Waals surface area contributed by atoms with Gasteiger partial charge in [-0.2, -0.15) is 0 Å². The first-order chi connectivity index (χ1) is 15.1. The number of halogens is 1. The molecule has 0 aliphatic carbocycles. The van der Waals surface area contributed by atoms with Crippen molar-refractivity contribution in [2.24, 2.45) is 0 Å². The summed E-state index contributed by atoms with van der Waals surface area (Å²) < 4.78 is 33.0. The Morgan fingerprint density at radius 2 is 1.69 bits per heavy atom. The van der Waals surface area contributed by atoms with Gasteiger partial charge in [0.25, 0.3) is 15.9 Å². The second-order valence-electron chi connectivity index (χ2n) is 7.04. The zero-order valence-electron chi connectivity index (χ0n) is 17.6. The van der Waals surface area contributed by atoms with Crippen LogP contribution in [0.5, 0.6) is 0 Å². The lowest BCUT2D eigenvalue weighted by atomic mass is 10.1. The van der Waals surface area contributed by atoms with Crippen molar-refractivity contribution in [1.29, 1.82) is 0 Å². The lowest BCUT2D eigenvalue weighted by molar-refractivity contribution is 0.0599. The predicted molar refractivity (Wildman–Crippen MR) is 124 cm³/mol. The molecule has 9 heteroatoms. The number of hydrogen-bond acceptors (Lipinski definition) is 5. The Labute approximate surface area is 191 Å². The molecule has 3 aromatic rings. The van der Waals surface area contributed by atoms with E-state index in [2.05, 4.69) is 10.0 Å². The van der Waals surface area contributed by atoms with Crippen LogP contribution in [-0.4, -0.2) is 27.4 Å². The summed E-state index contributed by atoms with van der Waals surface area (Å²) in [6.45, 7) is 3.51. The Balaban J connectivity index is 1.90. The predicted octanol–water partition coefficient (Wildman–Crippen LogP) is 4.80. The molecule has 0 atom stereocenters. The zero-order valence-corrected chi connectivity index (χ0v) is 19.2. The Kier molecular flexibility index (Phi) is 6.86. The van der Waals surface area contributed by atoms with Crippen LogP contribution in [0, 0.1) is 13.8 Å². The van der Waals surface area contributed by atoms with E-state index in [-0.39, 0.29) is 15.5 Å². The first kappa shape index (κ1) is 23.3. The number of aryl methyl sites for hydroxylation is 1. The van der Waals surface area contributed by atoms with E-state index < -0.39 is 21.9 Å². The van der Waals surface area contributed by atoms with Crippen molar-refractivity contribution in [1.82, 2.24) is 0 Å². The molecule has 0 saturated heterocycles. The van der Waals surface area contributed by atoms with Gasteiger partial charge in [-0.05, 0) is 67.4 Å². The molecule has 0 bridgehead atoms. The summed E-state index contributed by atoms with van der Waals surface area (Å²) in [6, 6.07) is 15.7. The quantitative estimate of drug-likeness (QED) is 0.502. The van der Waals surface area contributed by atoms with Gasteiger partial charge < -0.3 is 10.1 Å². The van der Waals surface area contributed by atoms with Gasteiger partial charge >= 0.3 is 5.97 Å². The third kappa shape index (κ3) is 5.09. The third-order valence-corrected chi connectivity index (χ3v) is 6.60. The van der Waals surface area contributed by atoms with Crippen molar-refractivity contribution in [2.75, 3.05) is 17.1 Å². The van der Waals surface area contributed by atoms with E-state index in [0.717, 1.165) is 5.56 Å². The lowest BCUT2D eigenvalue weighted by Gasteiger charge is -2.13. The Bertz CT molecular complexity index is 1310. The van der Waals surface area contributed by atoms with Crippen molar-refractivity contribution in [3.8, 4) is 0 Å². The highest BCUT2D eigenvalue weighted by Crippen LogP contribution is 2.26. The number of hydrogen-bond donors (Lipinski definition) is 2. The van der Waals surface area contributed by atoms with Crippen molar-refractivity contribution in [3.63, 3.8) is 0 Å². The molecule has 3 aromatic carbocycles. The highest BCUT2D eigenvalue weighted by atomic mass is 35.5. The van der Waals surface area contributed by atoms with Crippen molar-refractivity contribution < 1.29 is 22.7 Å². The number of carbonyl (C=O) groups is 2. The maximum absolute atomic E-state index is 12.9. The smallest absolute Gasteiger partial charge is 0.338 e. The number of esters is 1. The highest BCUT2D eigenvalue weighted by Gasteiger charge is 2.21. The van der Waals surface area contributed by atoms with E-state index in [1.54, 1.807) is 43.3 Å². The number of ether oxygens (including phenoxy) is 1. The minimum absolute atomic E-state index is 0.0226. The molecule has 0 aliphatic heterocycles. The van der Waals surface area contributed by atoms with Crippen LogP contribution in [0.4, 0.5) is 11.4 Å². The van der Waals surface area contributed by atoms with Crippen LogP contribution < -0.4 is 10.0 Å². The van der Waals surface area contributed by atoms with Crippen LogP contribution in [0.1, 0.15) is 31.8 Å². The molecule has 0 radical (unpaired) electrons. The van der Waals surface area contributed by atoms with Gasteiger partial charge in [0.1, 0.15) is 4.90 Å². The number of methoxy groups -OCH3 is 1. The topological polar surface area (TPSA) is 102 Å². The highest BCUT2D eigenvalue weighted by molar-refractivity contribution is 7.92. The van der Waals surface area contributed by atoms with Gasteiger partial charge in [0.15, 0.2) is 0 Å². The number of nitrogens with one attached hydrogen (secondary N) is 2. The van der Waals surface area contributed by atoms with E-state index >= 15 is 0 Å². The van der Waals surface area contributed by atoms with Gasteiger partial charge in [-0.3, -0.25) is 9.52 Å². The van der Waals surface area contributed by atoms with Crippen LogP contribution in [0.2, 0.25) is 5.02 Å². The normalized spacial score (nSPS) is 11.0. The second-order valence-corrected chi connectivity index (χ2v) is 9.10. The summed E-state index contributed by atoms with van der Waals surface area (Å²) in [4.78, 5) is 24.5. The SMILES string of the molecule is COC(=O)c1cccc(NC(=O)c2ccc(Cl)c(S(=O)(=O)Nc3cccc(C)c3)c2)c1C. The molecule has 0 heterocycles. The van der Waals surface area contributed by atoms with Gasteiger partial charge in [0.05, 0.1) is 17.7 Å². The summed E-state index contributed by atoms with van der Waals surface area (Å²) in [7, 11) is -2.77. The Morgan fingerprint density at radius 1 is 0.969 bits per heavy atom. The van der Waals surface area contributed by atoms with E-state index in [1.165, 1.54) is 25.3 Å². The standard InChI is InChI=1S/C23H21ClN2O5S/c1-14-6-4-7-17(12-14)26-32(29,30)21-13-16(10-11-19(21)24)22(27)25-20-9-5-8-18(15(20)2)23(28)31-3/h4-13,26H,1-3H3,(H,25,27). The third-order valence-electron chi connectivity index (χ3n) is 4.74.